The second kappa shape index (κ2) is 9.48. The lowest BCUT2D eigenvalue weighted by Crippen LogP contribution is -2.35. The van der Waals surface area contributed by atoms with Gasteiger partial charge >= 0.3 is 8.56 Å². The van der Waals surface area contributed by atoms with Crippen molar-refractivity contribution in [3.05, 3.63) is 34.6 Å². The Labute approximate surface area is 140 Å². The number of benzene rings is 1. The van der Waals surface area contributed by atoms with Crippen LogP contribution in [0.2, 0.25) is 12.6 Å². The van der Waals surface area contributed by atoms with Crippen LogP contribution in [-0.4, -0.2) is 22.8 Å². The van der Waals surface area contributed by atoms with E-state index >= 15 is 0 Å². The molecule has 0 aliphatic carbocycles. The summed E-state index contributed by atoms with van der Waals surface area (Å²) in [6.07, 6.45) is 3.46. The van der Waals surface area contributed by atoms with Crippen LogP contribution in [0.3, 0.4) is 0 Å². The third kappa shape index (κ3) is 5.25. The van der Waals surface area contributed by atoms with Gasteiger partial charge < -0.3 is 8.85 Å². The van der Waals surface area contributed by atoms with E-state index < -0.39 is 43.2 Å². The lowest BCUT2D eigenvalue weighted by Gasteiger charge is -2.22. The molecule has 1 rings (SSSR count). The standard InChI is InChI=1S/C16H23F5O2Si/c1-22-24(3,23-2)10-8-6-4-5-7-9-11-12(17)14(19)16(21)15(20)13(11)18/h4-10H2,1-3H3. The number of rotatable bonds is 10. The Morgan fingerprint density at radius 3 is 1.58 bits per heavy atom. The van der Waals surface area contributed by atoms with E-state index in [0.717, 1.165) is 25.3 Å². The Kier molecular flexibility index (Phi) is 8.31. The summed E-state index contributed by atoms with van der Waals surface area (Å²) in [5.41, 5.74) is -0.731. The van der Waals surface area contributed by atoms with E-state index in [1.807, 2.05) is 6.55 Å². The molecule has 0 saturated carbocycles. The Hall–Kier alpha value is -0.993. The van der Waals surface area contributed by atoms with Crippen molar-refractivity contribution in [2.45, 2.75) is 51.1 Å². The highest BCUT2D eigenvalue weighted by atomic mass is 28.4. The van der Waals surface area contributed by atoms with Crippen LogP contribution in [0.5, 0.6) is 0 Å². The first-order chi connectivity index (χ1) is 11.3. The Morgan fingerprint density at radius 2 is 1.08 bits per heavy atom. The van der Waals surface area contributed by atoms with Gasteiger partial charge in [-0.3, -0.25) is 0 Å². The molecule has 0 saturated heterocycles. The van der Waals surface area contributed by atoms with E-state index in [9.17, 15) is 22.0 Å². The normalized spacial score (nSPS) is 12.0. The van der Waals surface area contributed by atoms with E-state index in [1.54, 1.807) is 14.2 Å². The molecule has 0 radical (unpaired) electrons. The fourth-order valence-corrected chi connectivity index (χ4v) is 3.90. The SMILES string of the molecule is CO[Si](C)(CCCCCCCc1c(F)c(F)c(F)c(F)c1F)OC. The van der Waals surface area contributed by atoms with Crippen LogP contribution in [0, 0.1) is 29.1 Å². The zero-order valence-electron chi connectivity index (χ0n) is 14.2. The van der Waals surface area contributed by atoms with Crippen LogP contribution >= 0.6 is 0 Å². The minimum atomic E-state index is -2.11. The van der Waals surface area contributed by atoms with Crippen LogP contribution in [0.25, 0.3) is 0 Å². The van der Waals surface area contributed by atoms with Gasteiger partial charge in [0.15, 0.2) is 23.3 Å². The maximum atomic E-state index is 13.5. The molecule has 138 valence electrons. The average molecular weight is 370 g/mol. The molecule has 0 fully saturated rings. The van der Waals surface area contributed by atoms with Crippen LogP contribution in [0.1, 0.15) is 37.7 Å². The van der Waals surface area contributed by atoms with Crippen LogP contribution < -0.4 is 0 Å². The lowest BCUT2D eigenvalue weighted by molar-refractivity contribution is 0.248. The van der Waals surface area contributed by atoms with Gasteiger partial charge in [-0.05, 0) is 25.4 Å². The monoisotopic (exact) mass is 370 g/mol. The van der Waals surface area contributed by atoms with E-state index in [-0.39, 0.29) is 6.42 Å². The molecule has 0 aliphatic heterocycles. The van der Waals surface area contributed by atoms with Gasteiger partial charge in [0.2, 0.25) is 5.82 Å². The fraction of sp³-hybridized carbons (Fsp3) is 0.625. The number of halogens is 5. The van der Waals surface area contributed by atoms with E-state index in [1.165, 1.54) is 0 Å². The van der Waals surface area contributed by atoms with Crippen molar-refractivity contribution in [2.24, 2.45) is 0 Å². The second-order valence-corrected chi connectivity index (χ2v) is 9.44. The molecule has 1 aromatic rings. The van der Waals surface area contributed by atoms with Crippen molar-refractivity contribution in [3.8, 4) is 0 Å². The summed E-state index contributed by atoms with van der Waals surface area (Å²) < 4.78 is 76.8. The molecule has 1 aromatic carbocycles. The predicted molar refractivity (Wildman–Crippen MR) is 83.5 cm³/mol. The Balaban J connectivity index is 2.39. The minimum Gasteiger partial charge on any atom is -0.398 e. The first-order valence-corrected chi connectivity index (χ1v) is 10.4. The average Bonchev–Trinajstić information content (AvgIpc) is 2.59. The molecule has 8 heteroatoms. The second-order valence-electron chi connectivity index (χ2n) is 5.86. The van der Waals surface area contributed by atoms with E-state index in [4.69, 9.17) is 8.85 Å². The van der Waals surface area contributed by atoms with Gasteiger partial charge in [0.1, 0.15) is 0 Å². The summed E-state index contributed by atoms with van der Waals surface area (Å²) in [5, 5.41) is 0. The third-order valence-corrected chi connectivity index (χ3v) is 7.21. The molecule has 0 amide bonds. The van der Waals surface area contributed by atoms with Gasteiger partial charge in [-0.15, -0.1) is 0 Å². The molecule has 0 spiro atoms. The zero-order chi connectivity index (χ0) is 18.3. The molecule has 24 heavy (non-hydrogen) atoms. The van der Waals surface area contributed by atoms with Crippen LogP contribution in [-0.2, 0) is 15.3 Å². The first-order valence-electron chi connectivity index (χ1n) is 7.88. The third-order valence-electron chi connectivity index (χ3n) is 4.22. The van der Waals surface area contributed by atoms with Crippen molar-refractivity contribution in [1.82, 2.24) is 0 Å². The maximum absolute atomic E-state index is 13.5. The van der Waals surface area contributed by atoms with Crippen molar-refractivity contribution in [2.75, 3.05) is 14.2 Å². The molecule has 0 atom stereocenters. The van der Waals surface area contributed by atoms with Crippen molar-refractivity contribution in [3.63, 3.8) is 0 Å². The first kappa shape index (κ1) is 21.1. The molecule has 2 nitrogen and oxygen atoms in total. The molecule has 0 heterocycles. The van der Waals surface area contributed by atoms with Crippen LogP contribution in [0.15, 0.2) is 0 Å². The largest absolute Gasteiger partial charge is 0.398 e. The molecule has 0 N–H and O–H groups in total. The highest BCUT2D eigenvalue weighted by molar-refractivity contribution is 6.65. The topological polar surface area (TPSA) is 18.5 Å². The van der Waals surface area contributed by atoms with Gasteiger partial charge in [0, 0.05) is 19.8 Å². The number of hydrogen-bond acceptors (Lipinski definition) is 2. The molecule has 0 bridgehead atoms. The summed E-state index contributed by atoms with van der Waals surface area (Å²) in [6, 6.07) is 0.845. The summed E-state index contributed by atoms with van der Waals surface area (Å²) in [4.78, 5) is 0. The molecular formula is C16H23F5O2Si. The Morgan fingerprint density at radius 1 is 0.667 bits per heavy atom. The summed E-state index contributed by atoms with van der Waals surface area (Å²) in [5.74, 6) is -9.33. The Bertz CT molecular complexity index is 521. The van der Waals surface area contributed by atoms with Gasteiger partial charge in [0.05, 0.1) is 0 Å². The van der Waals surface area contributed by atoms with E-state index in [2.05, 4.69) is 0 Å². The fourth-order valence-electron chi connectivity index (χ4n) is 2.44. The predicted octanol–water partition coefficient (Wildman–Crippen LogP) is 5.24. The number of hydrogen-bond donors (Lipinski definition) is 0. The van der Waals surface area contributed by atoms with Gasteiger partial charge in [-0.1, -0.05) is 25.7 Å². The smallest absolute Gasteiger partial charge is 0.334 e. The van der Waals surface area contributed by atoms with Gasteiger partial charge in [-0.25, -0.2) is 22.0 Å². The van der Waals surface area contributed by atoms with Crippen molar-refractivity contribution in [1.29, 1.82) is 0 Å². The van der Waals surface area contributed by atoms with Crippen molar-refractivity contribution >= 4 is 8.56 Å². The minimum absolute atomic E-state index is 0.172. The van der Waals surface area contributed by atoms with Crippen molar-refractivity contribution < 1.29 is 30.8 Å². The summed E-state index contributed by atoms with van der Waals surface area (Å²) in [6.45, 7) is 1.97. The number of unbranched alkanes of at least 4 members (excludes halogenated alkanes) is 4. The zero-order valence-corrected chi connectivity index (χ0v) is 15.2. The summed E-state index contributed by atoms with van der Waals surface area (Å²) >= 11 is 0. The van der Waals surface area contributed by atoms with Gasteiger partial charge in [-0.2, -0.15) is 0 Å². The lowest BCUT2D eigenvalue weighted by atomic mass is 10.0. The molecule has 0 unspecified atom stereocenters. The molecule has 0 aliphatic rings. The highest BCUT2D eigenvalue weighted by Crippen LogP contribution is 2.25. The molecule has 0 aromatic heterocycles. The maximum Gasteiger partial charge on any atom is 0.334 e. The van der Waals surface area contributed by atoms with E-state index in [0.29, 0.717) is 12.8 Å². The summed E-state index contributed by atoms with van der Waals surface area (Å²) in [7, 11) is 1.18. The quantitative estimate of drug-likeness (QED) is 0.184. The molecular weight excluding hydrogens is 347 g/mol. The highest BCUT2D eigenvalue weighted by Gasteiger charge is 2.27. The van der Waals surface area contributed by atoms with Gasteiger partial charge in [0.25, 0.3) is 0 Å². The van der Waals surface area contributed by atoms with Crippen LogP contribution in [0.4, 0.5) is 22.0 Å².